The predicted molar refractivity (Wildman–Crippen MR) is 112 cm³/mol. The van der Waals surface area contributed by atoms with Gasteiger partial charge in [-0.25, -0.2) is 4.79 Å². The van der Waals surface area contributed by atoms with E-state index in [0.717, 1.165) is 11.4 Å². The predicted octanol–water partition coefficient (Wildman–Crippen LogP) is 2.56. The van der Waals surface area contributed by atoms with Crippen molar-refractivity contribution in [3.05, 3.63) is 24.3 Å². The Morgan fingerprint density at radius 3 is 2.30 bits per heavy atom. The molecule has 3 rings (SSSR count). The highest BCUT2D eigenvalue weighted by Crippen LogP contribution is 2.27. The van der Waals surface area contributed by atoms with Gasteiger partial charge in [0.1, 0.15) is 11.4 Å². The molecule has 164 valence electrons. The normalized spacial score (nSPS) is 20.3. The van der Waals surface area contributed by atoms with Crippen molar-refractivity contribution in [2.45, 2.75) is 51.7 Å². The van der Waals surface area contributed by atoms with E-state index in [9.17, 15) is 14.4 Å². The molecule has 1 N–H and O–H groups in total. The van der Waals surface area contributed by atoms with Gasteiger partial charge >= 0.3 is 6.09 Å². The zero-order valence-corrected chi connectivity index (χ0v) is 18.1. The Morgan fingerprint density at radius 1 is 1.10 bits per heavy atom. The topological polar surface area (TPSA) is 88.2 Å². The van der Waals surface area contributed by atoms with E-state index in [1.54, 1.807) is 29.0 Å². The first-order chi connectivity index (χ1) is 14.2. The third-order valence-electron chi connectivity index (χ3n) is 5.37. The largest absolute Gasteiger partial charge is 0.497 e. The monoisotopic (exact) mass is 417 g/mol. The zero-order valence-electron chi connectivity index (χ0n) is 18.1. The highest BCUT2D eigenvalue weighted by atomic mass is 16.6. The molecule has 0 bridgehead atoms. The van der Waals surface area contributed by atoms with Gasteiger partial charge in [-0.1, -0.05) is 0 Å². The summed E-state index contributed by atoms with van der Waals surface area (Å²) >= 11 is 0. The van der Waals surface area contributed by atoms with Crippen molar-refractivity contribution in [3.63, 3.8) is 0 Å². The van der Waals surface area contributed by atoms with Crippen LogP contribution in [0.4, 0.5) is 10.5 Å². The number of piperidine rings is 1. The molecule has 30 heavy (non-hydrogen) atoms. The molecule has 2 fully saturated rings. The summed E-state index contributed by atoms with van der Waals surface area (Å²) in [4.78, 5) is 40.6. The third kappa shape index (κ3) is 5.43. The highest BCUT2D eigenvalue weighted by Gasteiger charge is 2.36. The number of nitrogens with one attached hydrogen (secondary N) is 1. The number of benzene rings is 1. The minimum absolute atomic E-state index is 0.00123. The first-order valence-corrected chi connectivity index (χ1v) is 10.4. The summed E-state index contributed by atoms with van der Waals surface area (Å²) in [6, 6.07) is 7.25. The molecule has 2 saturated heterocycles. The molecule has 3 amide bonds. The number of carbonyl (C=O) groups is 3. The Bertz CT molecular complexity index is 779. The number of hydrogen-bond acceptors (Lipinski definition) is 5. The van der Waals surface area contributed by atoms with Crippen molar-refractivity contribution < 1.29 is 23.9 Å². The van der Waals surface area contributed by atoms with Gasteiger partial charge in [-0.15, -0.1) is 0 Å². The summed E-state index contributed by atoms with van der Waals surface area (Å²) in [6.45, 7) is 6.98. The maximum absolute atomic E-state index is 12.7. The van der Waals surface area contributed by atoms with Crippen molar-refractivity contribution >= 4 is 23.6 Å². The molecule has 2 aliphatic heterocycles. The van der Waals surface area contributed by atoms with E-state index in [1.165, 1.54) is 0 Å². The van der Waals surface area contributed by atoms with E-state index in [-0.39, 0.29) is 36.3 Å². The first kappa shape index (κ1) is 21.9. The molecule has 1 aromatic carbocycles. The first-order valence-electron chi connectivity index (χ1n) is 10.4. The average Bonchev–Trinajstić information content (AvgIpc) is 3.09. The van der Waals surface area contributed by atoms with E-state index in [0.29, 0.717) is 32.5 Å². The average molecular weight is 418 g/mol. The SMILES string of the molecule is COc1ccc(N2C[C@H](C(=O)NC3CCN(C(=O)OC(C)(C)C)CC3)CC2=O)cc1. The molecule has 0 spiro atoms. The molecule has 0 unspecified atom stereocenters. The van der Waals surface area contributed by atoms with Crippen LogP contribution < -0.4 is 15.0 Å². The number of likely N-dealkylation sites (tertiary alicyclic amines) is 1. The fraction of sp³-hybridized carbons (Fsp3) is 0.591. The molecule has 0 aliphatic carbocycles. The van der Waals surface area contributed by atoms with Gasteiger partial charge in [-0.2, -0.15) is 0 Å². The van der Waals surface area contributed by atoms with Crippen molar-refractivity contribution in [2.24, 2.45) is 5.92 Å². The smallest absolute Gasteiger partial charge is 0.410 e. The Labute approximate surface area is 177 Å². The molecule has 2 aliphatic rings. The Morgan fingerprint density at radius 2 is 1.73 bits per heavy atom. The second-order valence-corrected chi connectivity index (χ2v) is 8.85. The highest BCUT2D eigenvalue weighted by molar-refractivity contribution is 6.00. The fourth-order valence-corrected chi connectivity index (χ4v) is 3.75. The Kier molecular flexibility index (Phi) is 6.53. The number of nitrogens with zero attached hydrogens (tertiary/aromatic N) is 2. The van der Waals surface area contributed by atoms with Crippen LogP contribution in [0.2, 0.25) is 0 Å². The van der Waals surface area contributed by atoms with E-state index in [2.05, 4.69) is 5.32 Å². The summed E-state index contributed by atoms with van der Waals surface area (Å²) in [5, 5.41) is 3.06. The fourth-order valence-electron chi connectivity index (χ4n) is 3.75. The molecule has 0 aromatic heterocycles. The van der Waals surface area contributed by atoms with Crippen molar-refractivity contribution in [2.75, 3.05) is 31.6 Å². The van der Waals surface area contributed by atoms with Crippen LogP contribution in [0.25, 0.3) is 0 Å². The van der Waals surface area contributed by atoms with Crippen LogP contribution in [-0.2, 0) is 14.3 Å². The van der Waals surface area contributed by atoms with Gasteiger partial charge in [0.2, 0.25) is 11.8 Å². The van der Waals surface area contributed by atoms with E-state index in [1.807, 2.05) is 32.9 Å². The lowest BCUT2D eigenvalue weighted by molar-refractivity contribution is -0.127. The molecule has 2 heterocycles. The zero-order chi connectivity index (χ0) is 21.9. The summed E-state index contributed by atoms with van der Waals surface area (Å²) < 4.78 is 10.6. The van der Waals surface area contributed by atoms with Crippen molar-refractivity contribution in [3.8, 4) is 5.75 Å². The third-order valence-corrected chi connectivity index (χ3v) is 5.37. The summed E-state index contributed by atoms with van der Waals surface area (Å²) in [5.41, 5.74) is 0.245. The maximum atomic E-state index is 12.7. The maximum Gasteiger partial charge on any atom is 0.410 e. The van der Waals surface area contributed by atoms with Gasteiger partial charge < -0.3 is 24.6 Å². The molecule has 0 radical (unpaired) electrons. The quantitative estimate of drug-likeness (QED) is 0.814. The molecular formula is C22H31N3O5. The number of hydrogen-bond donors (Lipinski definition) is 1. The van der Waals surface area contributed by atoms with Crippen LogP contribution in [-0.4, -0.2) is 61.2 Å². The lowest BCUT2D eigenvalue weighted by atomic mass is 10.0. The van der Waals surface area contributed by atoms with Crippen LogP contribution >= 0.6 is 0 Å². The van der Waals surface area contributed by atoms with Gasteiger partial charge in [0, 0.05) is 37.8 Å². The van der Waals surface area contributed by atoms with Crippen molar-refractivity contribution in [1.82, 2.24) is 10.2 Å². The van der Waals surface area contributed by atoms with Crippen LogP contribution in [0.3, 0.4) is 0 Å². The van der Waals surface area contributed by atoms with E-state index in [4.69, 9.17) is 9.47 Å². The van der Waals surface area contributed by atoms with Gasteiger partial charge in [0.25, 0.3) is 0 Å². The number of amides is 3. The van der Waals surface area contributed by atoms with E-state index >= 15 is 0 Å². The lowest BCUT2D eigenvalue weighted by Crippen LogP contribution is -2.49. The summed E-state index contributed by atoms with van der Waals surface area (Å²) in [6.07, 6.45) is 1.24. The number of methoxy groups -OCH3 is 1. The van der Waals surface area contributed by atoms with E-state index < -0.39 is 5.60 Å². The summed E-state index contributed by atoms with van der Waals surface area (Å²) in [7, 11) is 1.59. The van der Waals surface area contributed by atoms with Crippen LogP contribution in [0.1, 0.15) is 40.0 Å². The standard InChI is InChI=1S/C22H31N3O5/c1-22(2,3)30-21(28)24-11-9-16(10-12-24)23-20(27)15-13-19(26)25(14-15)17-5-7-18(29-4)8-6-17/h5-8,15-16H,9-14H2,1-4H3,(H,23,27)/t15-/m1/s1. The Balaban J connectivity index is 1.49. The van der Waals surface area contributed by atoms with Gasteiger partial charge in [0.05, 0.1) is 13.0 Å². The van der Waals surface area contributed by atoms with Gasteiger partial charge in [-0.3, -0.25) is 9.59 Å². The minimum Gasteiger partial charge on any atom is -0.497 e. The molecule has 0 saturated carbocycles. The minimum atomic E-state index is -0.521. The van der Waals surface area contributed by atoms with Crippen LogP contribution in [0.5, 0.6) is 5.75 Å². The van der Waals surface area contributed by atoms with Gasteiger partial charge in [0.15, 0.2) is 0 Å². The number of carbonyl (C=O) groups excluding carboxylic acids is 3. The summed E-state index contributed by atoms with van der Waals surface area (Å²) in [5.74, 6) is 0.191. The number of ether oxygens (including phenoxy) is 2. The number of anilines is 1. The molecule has 8 nitrogen and oxygen atoms in total. The molecular weight excluding hydrogens is 386 g/mol. The second kappa shape index (κ2) is 8.93. The molecule has 1 atom stereocenters. The Hall–Kier alpha value is -2.77. The van der Waals surface area contributed by atoms with Gasteiger partial charge in [-0.05, 0) is 57.9 Å². The lowest BCUT2D eigenvalue weighted by Gasteiger charge is -2.34. The van der Waals surface area contributed by atoms with Crippen molar-refractivity contribution in [1.29, 1.82) is 0 Å². The number of rotatable bonds is 4. The van der Waals surface area contributed by atoms with Crippen LogP contribution in [0.15, 0.2) is 24.3 Å². The van der Waals surface area contributed by atoms with Crippen LogP contribution in [0, 0.1) is 5.92 Å². The molecule has 8 heteroatoms. The second-order valence-electron chi connectivity index (χ2n) is 8.85. The molecule has 1 aromatic rings.